The molecule has 0 unspecified atom stereocenters. The zero-order chi connectivity index (χ0) is 18.5. The van der Waals surface area contributed by atoms with Crippen LogP contribution in [0.2, 0.25) is 10.0 Å². The molecule has 6 heteroatoms. The summed E-state index contributed by atoms with van der Waals surface area (Å²) in [5, 5.41) is 6.89. The normalized spacial score (nSPS) is 10.4. The molecule has 0 aliphatic heterocycles. The van der Waals surface area contributed by atoms with Crippen molar-refractivity contribution in [3.63, 3.8) is 0 Å². The Morgan fingerprint density at radius 1 is 1.00 bits per heavy atom. The van der Waals surface area contributed by atoms with Crippen LogP contribution in [0.1, 0.15) is 21.5 Å². The molecule has 132 valence electrons. The molecule has 0 atom stereocenters. The molecule has 0 aliphatic rings. The van der Waals surface area contributed by atoms with Gasteiger partial charge in [0.2, 0.25) is 0 Å². The van der Waals surface area contributed by atoms with E-state index in [-0.39, 0.29) is 5.91 Å². The van der Waals surface area contributed by atoms with Gasteiger partial charge < -0.3 is 10.6 Å². The van der Waals surface area contributed by atoms with Crippen LogP contribution in [-0.4, -0.2) is 10.9 Å². The zero-order valence-corrected chi connectivity index (χ0v) is 15.6. The predicted octanol–water partition coefficient (Wildman–Crippen LogP) is 5.56. The quantitative estimate of drug-likeness (QED) is 0.604. The summed E-state index contributed by atoms with van der Waals surface area (Å²) in [7, 11) is 0. The second-order valence-corrected chi connectivity index (χ2v) is 6.70. The molecule has 0 fully saturated rings. The first-order chi connectivity index (χ1) is 12.5. The van der Waals surface area contributed by atoms with Gasteiger partial charge in [-0.25, -0.2) is 0 Å². The Morgan fingerprint density at radius 3 is 2.62 bits per heavy atom. The number of nitrogens with zero attached hydrogens (tertiary/aromatic N) is 1. The first kappa shape index (κ1) is 18.2. The number of pyridine rings is 1. The summed E-state index contributed by atoms with van der Waals surface area (Å²) in [6.45, 7) is 2.71. The number of rotatable bonds is 5. The number of aryl methyl sites for hydroxylation is 1. The van der Waals surface area contributed by atoms with Crippen molar-refractivity contribution >= 4 is 40.5 Å². The van der Waals surface area contributed by atoms with E-state index in [0.717, 1.165) is 11.3 Å². The number of benzene rings is 2. The number of halogens is 2. The highest BCUT2D eigenvalue weighted by atomic mass is 35.5. The molecule has 0 saturated carbocycles. The lowest BCUT2D eigenvalue weighted by Gasteiger charge is -2.09. The minimum atomic E-state index is -0.268. The van der Waals surface area contributed by atoms with E-state index in [4.69, 9.17) is 23.2 Å². The van der Waals surface area contributed by atoms with Crippen LogP contribution in [0.4, 0.5) is 11.4 Å². The largest absolute Gasteiger partial charge is 0.380 e. The SMILES string of the molecule is Cc1cccc(CNc2cncc(C(=O)Nc3ccc(Cl)c(Cl)c3)c2)c1. The van der Waals surface area contributed by atoms with Crippen molar-refractivity contribution in [1.82, 2.24) is 4.98 Å². The van der Waals surface area contributed by atoms with Crippen LogP contribution in [0.3, 0.4) is 0 Å². The maximum atomic E-state index is 12.4. The van der Waals surface area contributed by atoms with Crippen molar-refractivity contribution < 1.29 is 4.79 Å². The fourth-order valence-electron chi connectivity index (χ4n) is 2.46. The first-order valence-corrected chi connectivity index (χ1v) is 8.78. The van der Waals surface area contributed by atoms with Crippen LogP contribution < -0.4 is 10.6 Å². The second kappa shape index (κ2) is 8.21. The molecule has 1 amide bonds. The van der Waals surface area contributed by atoms with Crippen LogP contribution in [0.25, 0.3) is 0 Å². The molecule has 3 aromatic rings. The third-order valence-electron chi connectivity index (χ3n) is 3.76. The summed E-state index contributed by atoms with van der Waals surface area (Å²) in [6, 6.07) is 14.9. The Morgan fingerprint density at radius 2 is 1.85 bits per heavy atom. The Balaban J connectivity index is 1.67. The summed E-state index contributed by atoms with van der Waals surface area (Å²) < 4.78 is 0. The molecule has 0 bridgehead atoms. The fraction of sp³-hybridized carbons (Fsp3) is 0.100. The average Bonchev–Trinajstić information content (AvgIpc) is 2.63. The lowest BCUT2D eigenvalue weighted by Crippen LogP contribution is -2.12. The third kappa shape index (κ3) is 4.75. The van der Waals surface area contributed by atoms with Gasteiger partial charge in [0, 0.05) is 24.6 Å². The van der Waals surface area contributed by atoms with Gasteiger partial charge in [-0.15, -0.1) is 0 Å². The summed E-state index contributed by atoms with van der Waals surface area (Å²) >= 11 is 11.9. The van der Waals surface area contributed by atoms with E-state index in [0.29, 0.717) is 27.8 Å². The third-order valence-corrected chi connectivity index (χ3v) is 4.50. The number of hydrogen-bond donors (Lipinski definition) is 2. The molecule has 1 heterocycles. The Kier molecular flexibility index (Phi) is 5.76. The van der Waals surface area contributed by atoms with Crippen molar-refractivity contribution in [2.45, 2.75) is 13.5 Å². The van der Waals surface area contributed by atoms with Gasteiger partial charge in [-0.1, -0.05) is 53.0 Å². The van der Waals surface area contributed by atoms with E-state index in [1.54, 1.807) is 30.5 Å². The fourth-order valence-corrected chi connectivity index (χ4v) is 2.76. The topological polar surface area (TPSA) is 54.0 Å². The molecule has 2 aromatic carbocycles. The smallest absolute Gasteiger partial charge is 0.257 e. The average molecular weight is 386 g/mol. The number of amides is 1. The van der Waals surface area contributed by atoms with Gasteiger partial charge in [0.15, 0.2) is 0 Å². The highest BCUT2D eigenvalue weighted by Crippen LogP contribution is 2.25. The lowest BCUT2D eigenvalue weighted by molar-refractivity contribution is 0.102. The van der Waals surface area contributed by atoms with Gasteiger partial charge in [0.25, 0.3) is 5.91 Å². The van der Waals surface area contributed by atoms with Crippen LogP contribution in [0.5, 0.6) is 0 Å². The maximum Gasteiger partial charge on any atom is 0.257 e. The first-order valence-electron chi connectivity index (χ1n) is 8.02. The molecule has 3 rings (SSSR count). The molecule has 2 N–H and O–H groups in total. The van der Waals surface area contributed by atoms with Crippen LogP contribution >= 0.6 is 23.2 Å². The Bertz CT molecular complexity index is 944. The van der Waals surface area contributed by atoms with E-state index in [1.807, 2.05) is 12.1 Å². The monoisotopic (exact) mass is 385 g/mol. The van der Waals surface area contributed by atoms with Crippen LogP contribution in [-0.2, 0) is 6.54 Å². The lowest BCUT2D eigenvalue weighted by atomic mass is 10.1. The van der Waals surface area contributed by atoms with Crippen molar-refractivity contribution in [2.75, 3.05) is 10.6 Å². The van der Waals surface area contributed by atoms with Crippen molar-refractivity contribution in [2.24, 2.45) is 0 Å². The highest BCUT2D eigenvalue weighted by Gasteiger charge is 2.09. The van der Waals surface area contributed by atoms with E-state index in [9.17, 15) is 4.79 Å². The van der Waals surface area contributed by atoms with Gasteiger partial charge in [0.05, 0.1) is 21.3 Å². The molecule has 1 aromatic heterocycles. The standard InChI is InChI=1S/C20H17Cl2N3O/c1-13-3-2-4-14(7-13)10-24-17-8-15(11-23-12-17)20(26)25-16-5-6-18(21)19(22)9-16/h2-9,11-12,24H,10H2,1H3,(H,25,26). The van der Waals surface area contributed by atoms with Gasteiger partial charge in [-0.05, 0) is 36.8 Å². The summed E-state index contributed by atoms with van der Waals surface area (Å²) in [4.78, 5) is 16.6. The van der Waals surface area contributed by atoms with Crippen LogP contribution in [0, 0.1) is 6.92 Å². The molecular weight excluding hydrogens is 369 g/mol. The molecule has 4 nitrogen and oxygen atoms in total. The van der Waals surface area contributed by atoms with Crippen molar-refractivity contribution in [1.29, 1.82) is 0 Å². The summed E-state index contributed by atoms with van der Waals surface area (Å²) in [5.74, 6) is -0.268. The summed E-state index contributed by atoms with van der Waals surface area (Å²) in [5.41, 5.74) is 4.16. The minimum Gasteiger partial charge on any atom is -0.380 e. The molecule has 26 heavy (non-hydrogen) atoms. The number of hydrogen-bond acceptors (Lipinski definition) is 3. The minimum absolute atomic E-state index is 0.268. The number of anilines is 2. The molecule has 0 radical (unpaired) electrons. The zero-order valence-electron chi connectivity index (χ0n) is 14.1. The van der Waals surface area contributed by atoms with Gasteiger partial charge in [-0.3, -0.25) is 9.78 Å². The molecule has 0 saturated heterocycles. The molecular formula is C20H17Cl2N3O. The number of aromatic nitrogens is 1. The van der Waals surface area contributed by atoms with Gasteiger partial charge >= 0.3 is 0 Å². The van der Waals surface area contributed by atoms with Gasteiger partial charge in [0.1, 0.15) is 0 Å². The van der Waals surface area contributed by atoms with E-state index < -0.39 is 0 Å². The van der Waals surface area contributed by atoms with E-state index in [1.165, 1.54) is 11.8 Å². The summed E-state index contributed by atoms with van der Waals surface area (Å²) in [6.07, 6.45) is 3.20. The highest BCUT2D eigenvalue weighted by molar-refractivity contribution is 6.42. The van der Waals surface area contributed by atoms with Crippen molar-refractivity contribution in [3.05, 3.63) is 87.7 Å². The Labute approximate surface area is 162 Å². The van der Waals surface area contributed by atoms with Gasteiger partial charge in [-0.2, -0.15) is 0 Å². The van der Waals surface area contributed by atoms with E-state index >= 15 is 0 Å². The second-order valence-electron chi connectivity index (χ2n) is 5.89. The number of carbonyl (C=O) groups is 1. The van der Waals surface area contributed by atoms with E-state index in [2.05, 4.69) is 34.7 Å². The molecule has 0 aliphatic carbocycles. The van der Waals surface area contributed by atoms with Crippen molar-refractivity contribution in [3.8, 4) is 0 Å². The number of nitrogens with one attached hydrogen (secondary N) is 2. The predicted molar refractivity (Wildman–Crippen MR) is 107 cm³/mol. The molecule has 0 spiro atoms. The Hall–Kier alpha value is -2.56. The number of carbonyl (C=O) groups excluding carboxylic acids is 1. The van der Waals surface area contributed by atoms with Crippen LogP contribution in [0.15, 0.2) is 60.9 Å². The maximum absolute atomic E-state index is 12.4.